The van der Waals surface area contributed by atoms with Gasteiger partial charge in [0.1, 0.15) is 40.6 Å². The minimum absolute atomic E-state index is 0.00299. The van der Waals surface area contributed by atoms with E-state index in [2.05, 4.69) is 10.3 Å². The molecule has 0 spiro atoms. The molecule has 1 aromatic rings. The largest absolute Gasteiger partial charge is 0.480 e. The molecule has 0 saturated carbocycles. The van der Waals surface area contributed by atoms with Crippen molar-refractivity contribution in [3.05, 3.63) is 12.5 Å². The molecule has 65 nitrogen and oxygen atoms in total. The van der Waals surface area contributed by atoms with Crippen LogP contribution in [0.3, 0.4) is 0 Å². The fourth-order valence-corrected chi connectivity index (χ4v) is 25.8. The van der Waals surface area contributed by atoms with Crippen LogP contribution in [0.25, 0.3) is 0 Å². The lowest BCUT2D eigenvalue weighted by Gasteiger charge is -2.37. The van der Waals surface area contributed by atoms with E-state index in [9.17, 15) is 125 Å². The third-order valence-corrected chi connectivity index (χ3v) is 35.2. The summed E-state index contributed by atoms with van der Waals surface area (Å²) < 4.78 is 161. The van der Waals surface area contributed by atoms with Crippen LogP contribution in [0.5, 0.6) is 0 Å². The van der Waals surface area contributed by atoms with Crippen LogP contribution in [0, 0.1) is 29.6 Å². The number of piperidine rings is 1. The molecule has 0 aromatic carbocycles. The second-order valence-corrected chi connectivity index (χ2v) is 45.6. The zero-order chi connectivity index (χ0) is 112. The van der Waals surface area contributed by atoms with Gasteiger partial charge in [0.05, 0.1) is 49.0 Å². The first-order chi connectivity index (χ1) is 68.0. The molecule has 0 radical (unpaired) electrons. The first-order valence-corrected chi connectivity index (χ1v) is 53.1. The number of aromatic nitrogens is 1. The lowest BCUT2D eigenvalue weighted by molar-refractivity contribution is -0.145. The molecular weight excluding hydrogens is 2070 g/mol. The Bertz CT molecular complexity index is 5040. The standard InChI is InChI=1S/C16H33BN6O7S.C16H32BN5O8S.C14H25BN6O8S.C13H27BFN5O7S.C12H23BN4O9S/c18-8-13(19)14(24)23(12-3-6-21-7-4-12)31(29,30)22-9-11(2-1-5-17(27)28)16(20,10-22)15(25)26;18-8-13(19)14(23)22(12-3-6-30-7-4-12)31(28,29)21-9-11(2-1-5-17(26)27)16(20,10-21)15(24)25;16-6-10(17)11(22)21(13-19-4-5-29-13)30(27,28)20-7-9(2-1-3-15(25)26)14(18,8-20)12(23)24;15-4-5-20(11(21)10(17)6-16)28(26,27)19-7-9(2-1-3-14(24)25)13(18,8-19)12(22)23;1-16(9(18)8(14)10(19)20)27(25,26)17-5-7(3-2-4-13(23)24)12(15,6-17)11(21)22/h11-13,21,27-28H,1-10,18-20H2,(H,25,26);11-13,26-27H,1-10,18-20H2,(H,24,25);4-5,9-10,25-26H,1-3,6-8,16-18H2,(H,23,24);9-10,24-25H,1-8,16-18H2,(H,22,23);7-8,23-24H,2-6,14-15H2,1H3,(H,19,20)(H,21,22)/t2*11-,13?,16-;9-,10?,14-;9-,10?,13-;7-,8?,12-/m00000/s1. The van der Waals surface area contributed by atoms with Crippen molar-refractivity contribution in [1.82, 2.24) is 49.0 Å². The maximum absolute atomic E-state index is 13.5. The smallest absolute Gasteiger partial charge is 0.451 e. The number of anilines is 1. The summed E-state index contributed by atoms with van der Waals surface area (Å²) in [6, 6.07) is -9.18. The van der Waals surface area contributed by atoms with Crippen molar-refractivity contribution in [3.63, 3.8) is 0 Å². The van der Waals surface area contributed by atoms with Gasteiger partial charge in [-0.25, -0.2) is 31.4 Å². The van der Waals surface area contributed by atoms with Crippen LogP contribution >= 0.6 is 0 Å². The molecule has 76 heteroatoms. The Morgan fingerprint density at radius 3 is 0.959 bits per heavy atom. The Morgan fingerprint density at radius 1 is 0.422 bits per heavy atom. The molecule has 5 amide bonds. The first-order valence-electron chi connectivity index (χ1n) is 46.1. The van der Waals surface area contributed by atoms with Crippen LogP contribution in [0.4, 0.5) is 10.4 Å². The highest BCUT2D eigenvalue weighted by Gasteiger charge is 2.61. The molecule has 8 heterocycles. The number of carbonyl (C=O) groups excluding carboxylic acids is 5. The molecule has 840 valence electrons. The van der Waals surface area contributed by atoms with E-state index in [1.165, 1.54) is 0 Å². The molecule has 0 aliphatic carbocycles. The number of hydrogen-bond acceptors (Lipinski definition) is 49. The molecule has 7 fully saturated rings. The van der Waals surface area contributed by atoms with Crippen LogP contribution < -0.4 is 89.9 Å². The molecule has 8 rings (SSSR count). The number of hydrogen-bond donors (Lipinski definition) is 31. The average Bonchev–Trinajstić information content (AvgIpc) is 1.53. The van der Waals surface area contributed by atoms with Crippen molar-refractivity contribution in [2.24, 2.45) is 110 Å². The van der Waals surface area contributed by atoms with Gasteiger partial charge in [0.25, 0.3) is 29.5 Å². The number of carbonyl (C=O) groups is 11. The number of oxazole rings is 1. The van der Waals surface area contributed by atoms with Gasteiger partial charge < -0.3 is 176 Å². The minimum atomic E-state index is -4.67. The summed E-state index contributed by atoms with van der Waals surface area (Å²) >= 11 is 0. The molecule has 7 aliphatic heterocycles. The van der Waals surface area contributed by atoms with E-state index in [1.807, 2.05) is 0 Å². The maximum Gasteiger partial charge on any atom is 0.451 e. The van der Waals surface area contributed by atoms with Crippen LogP contribution in [0.2, 0.25) is 31.6 Å². The molecule has 5 unspecified atom stereocenters. The summed E-state index contributed by atoms with van der Waals surface area (Å²) in [5.41, 5.74) is 69.8. The highest BCUT2D eigenvalue weighted by Crippen LogP contribution is 2.41. The van der Waals surface area contributed by atoms with Crippen molar-refractivity contribution in [2.45, 2.75) is 191 Å². The fraction of sp³-hybridized carbons (Fsp3) is 0.803. The number of carboxylic acids is 6. The van der Waals surface area contributed by atoms with E-state index in [1.54, 1.807) is 0 Å². The Balaban J connectivity index is 0.000000383. The summed E-state index contributed by atoms with van der Waals surface area (Å²) in [5, 5.41) is 149. The Morgan fingerprint density at radius 2 is 0.694 bits per heavy atom. The van der Waals surface area contributed by atoms with E-state index in [0.29, 0.717) is 34.5 Å². The molecule has 45 N–H and O–H groups in total. The lowest BCUT2D eigenvalue weighted by atomic mass is 9.78. The zero-order valence-electron chi connectivity index (χ0n) is 80.5. The molecule has 15 atom stereocenters. The van der Waals surface area contributed by atoms with Gasteiger partial charge in [-0.2, -0.15) is 63.6 Å². The van der Waals surface area contributed by atoms with E-state index in [0.717, 1.165) is 41.0 Å². The lowest BCUT2D eigenvalue weighted by Crippen LogP contribution is -2.60. The number of alkyl halides is 1. The number of rotatable bonds is 50. The number of nitrogens with two attached hydrogens (primary N) is 14. The Labute approximate surface area is 848 Å². The molecular formula is C71H140B5FN26O39S5. The monoisotopic (exact) mass is 2210 g/mol. The number of likely N-dealkylation sites (N-methyl/N-ethyl adjacent to an activating group) is 1. The van der Waals surface area contributed by atoms with Crippen molar-refractivity contribution in [2.75, 3.05) is 143 Å². The fourth-order valence-electron chi connectivity index (χ4n) is 17.2. The summed E-state index contributed by atoms with van der Waals surface area (Å²) in [6.07, 6.45) is 5.09. The highest BCUT2D eigenvalue weighted by atomic mass is 32.2. The van der Waals surface area contributed by atoms with Gasteiger partial charge in [-0.05, 0) is 102 Å². The number of nitrogens with one attached hydrogen (secondary N) is 1. The van der Waals surface area contributed by atoms with E-state index < -0.39 is 304 Å². The average molecular weight is 2220 g/mol. The van der Waals surface area contributed by atoms with Gasteiger partial charge in [-0.3, -0.25) is 47.9 Å². The van der Waals surface area contributed by atoms with Crippen LogP contribution in [-0.4, -0.2) is 476 Å². The topological polar surface area (TPSA) is 1130 Å². The summed E-state index contributed by atoms with van der Waals surface area (Å²) in [4.78, 5) is 136. The summed E-state index contributed by atoms with van der Waals surface area (Å²) in [5.74, 6) is -18.2. The number of ether oxygens (including phenoxy) is 1. The number of amides is 5. The van der Waals surface area contributed by atoms with Gasteiger partial charge in [0.2, 0.25) is 0 Å². The number of halogens is 1. The second kappa shape index (κ2) is 56.7. The number of aliphatic carboxylic acids is 6. The molecule has 7 aliphatic rings. The summed E-state index contributed by atoms with van der Waals surface area (Å²) in [7, 11) is -29.8. The number of nitrogens with zero attached hydrogens (tertiary/aromatic N) is 11. The second-order valence-electron chi connectivity index (χ2n) is 36.4. The van der Waals surface area contributed by atoms with Gasteiger partial charge >= 0.3 is 128 Å². The van der Waals surface area contributed by atoms with Crippen molar-refractivity contribution in [3.8, 4) is 0 Å². The molecule has 7 saturated heterocycles. The van der Waals surface area contributed by atoms with Gasteiger partial charge in [-0.1, -0.05) is 32.1 Å². The van der Waals surface area contributed by atoms with E-state index in [-0.39, 0.29) is 194 Å². The minimum Gasteiger partial charge on any atom is -0.480 e. The predicted molar refractivity (Wildman–Crippen MR) is 515 cm³/mol. The molecule has 0 bridgehead atoms. The predicted octanol–water partition coefficient (Wildman–Crippen LogP) is -18.6. The van der Waals surface area contributed by atoms with Crippen LogP contribution in [-0.2, 0) is 109 Å². The third-order valence-electron chi connectivity index (χ3n) is 26.1. The van der Waals surface area contributed by atoms with E-state index in [4.69, 9.17) is 145 Å². The Kier molecular flexibility index (Phi) is 50.7. The van der Waals surface area contributed by atoms with Crippen molar-refractivity contribution >= 4 is 158 Å². The molecule has 147 heavy (non-hydrogen) atoms. The van der Waals surface area contributed by atoms with E-state index >= 15 is 0 Å². The zero-order valence-corrected chi connectivity index (χ0v) is 84.6. The van der Waals surface area contributed by atoms with Crippen molar-refractivity contribution < 1.29 is 189 Å². The van der Waals surface area contributed by atoms with Gasteiger partial charge in [0.15, 0.2) is 6.04 Å². The van der Waals surface area contributed by atoms with Crippen LogP contribution in [0.15, 0.2) is 16.9 Å². The van der Waals surface area contributed by atoms with Gasteiger partial charge in [0, 0.05) is 141 Å². The normalized spacial score (nSPS) is 25.0. The maximum atomic E-state index is 13.5. The van der Waals surface area contributed by atoms with Crippen LogP contribution in [0.1, 0.15) is 89.9 Å². The Hall–Kier alpha value is -7.86. The molecule has 1 aromatic heterocycles. The highest BCUT2D eigenvalue weighted by molar-refractivity contribution is 7.91. The summed E-state index contributed by atoms with van der Waals surface area (Å²) in [6.45, 7) is -5.97. The SMILES string of the molecule is CN(C(=O)C(N)C(=O)O)S(=O)(=O)N1C[C@H](CCCB(O)O)[C@](N)(C(=O)O)C1.NCC(N)C(=O)N(C1CCNCC1)S(=O)(=O)N1C[C@H](CCCB(O)O)[C@](N)(C(=O)O)C1.NCC(N)C(=O)N(C1CCOCC1)S(=O)(=O)N1C[C@H](CCCB(O)O)[C@](N)(C(=O)O)C1.NCC(N)C(=O)N(CCF)S(=O)(=O)N1C[C@H](CCCB(O)O)[C@](N)(C(=O)O)C1.NCC(N)C(=O)N(c1ncco1)S(=O)(=O)N1C[C@H](CCCB(O)O)[C@](N)(C(=O)O)C1. The van der Waals surface area contributed by atoms with Gasteiger partial charge in [-0.15, -0.1) is 4.31 Å². The quantitative estimate of drug-likeness (QED) is 0.0213. The number of carboxylic acid groups (broad SMARTS) is 6. The van der Waals surface area contributed by atoms with Crippen molar-refractivity contribution in [1.29, 1.82) is 0 Å². The first kappa shape index (κ1) is 131. The third kappa shape index (κ3) is 33.3.